The van der Waals surface area contributed by atoms with Crippen molar-refractivity contribution in [3.05, 3.63) is 49.1 Å². The Morgan fingerprint density at radius 1 is 1.14 bits per heavy atom. The van der Waals surface area contributed by atoms with Gasteiger partial charge < -0.3 is 15.5 Å². The van der Waals surface area contributed by atoms with Crippen molar-refractivity contribution in [1.29, 1.82) is 0 Å². The van der Waals surface area contributed by atoms with Crippen molar-refractivity contribution < 1.29 is 0 Å². The van der Waals surface area contributed by atoms with Gasteiger partial charge in [-0.1, -0.05) is 36.4 Å². The predicted molar refractivity (Wildman–Crippen MR) is 93.2 cm³/mol. The van der Waals surface area contributed by atoms with Crippen molar-refractivity contribution in [3.8, 4) is 11.3 Å². The second-order valence-corrected chi connectivity index (χ2v) is 5.23. The van der Waals surface area contributed by atoms with E-state index in [1.165, 1.54) is 0 Å². The fraction of sp³-hybridized carbons (Fsp3) is 0.294. The van der Waals surface area contributed by atoms with Crippen LogP contribution < -0.4 is 10.6 Å². The van der Waals surface area contributed by atoms with Gasteiger partial charge in [0.15, 0.2) is 0 Å². The summed E-state index contributed by atoms with van der Waals surface area (Å²) in [4.78, 5) is 11.2. The smallest absolute Gasteiger partial charge is 0.225 e. The van der Waals surface area contributed by atoms with Crippen LogP contribution in [0.5, 0.6) is 0 Å². The van der Waals surface area contributed by atoms with E-state index in [1.807, 2.05) is 50.5 Å². The second kappa shape index (κ2) is 8.14. The zero-order valence-corrected chi connectivity index (χ0v) is 13.2. The highest BCUT2D eigenvalue weighted by atomic mass is 15.2. The molecule has 0 aliphatic heterocycles. The Balaban J connectivity index is 2.22. The number of likely N-dealkylation sites (N-methyl/N-ethyl adjacent to an activating group) is 1. The first-order chi connectivity index (χ1) is 10.7. The van der Waals surface area contributed by atoms with Crippen LogP contribution >= 0.6 is 0 Å². The molecule has 0 atom stereocenters. The van der Waals surface area contributed by atoms with Crippen LogP contribution in [0.1, 0.15) is 0 Å². The van der Waals surface area contributed by atoms with E-state index in [2.05, 4.69) is 32.1 Å². The molecule has 116 valence electrons. The van der Waals surface area contributed by atoms with E-state index in [0.717, 1.165) is 30.2 Å². The zero-order valence-electron chi connectivity index (χ0n) is 13.2. The SMILES string of the molecule is C=CCNc1nc(NCCN(C)C)cc(-c2ccccc2)n1. The monoisotopic (exact) mass is 297 g/mol. The summed E-state index contributed by atoms with van der Waals surface area (Å²) in [5, 5.41) is 6.50. The van der Waals surface area contributed by atoms with Gasteiger partial charge >= 0.3 is 0 Å². The number of aromatic nitrogens is 2. The maximum Gasteiger partial charge on any atom is 0.225 e. The van der Waals surface area contributed by atoms with E-state index in [-0.39, 0.29) is 0 Å². The predicted octanol–water partition coefficient (Wildman–Crippen LogP) is 2.72. The first kappa shape index (κ1) is 16.0. The molecule has 0 radical (unpaired) electrons. The quantitative estimate of drug-likeness (QED) is 0.734. The molecule has 0 saturated carbocycles. The van der Waals surface area contributed by atoms with E-state index < -0.39 is 0 Å². The van der Waals surface area contributed by atoms with Crippen molar-refractivity contribution in [2.75, 3.05) is 44.4 Å². The van der Waals surface area contributed by atoms with Gasteiger partial charge in [0.05, 0.1) is 5.69 Å². The average molecular weight is 297 g/mol. The number of nitrogens with zero attached hydrogens (tertiary/aromatic N) is 3. The van der Waals surface area contributed by atoms with Gasteiger partial charge in [-0.15, -0.1) is 6.58 Å². The minimum Gasteiger partial charge on any atom is -0.369 e. The summed E-state index contributed by atoms with van der Waals surface area (Å²) in [6, 6.07) is 12.1. The molecule has 5 heteroatoms. The summed E-state index contributed by atoms with van der Waals surface area (Å²) in [6.45, 7) is 6.12. The maximum absolute atomic E-state index is 4.56. The Labute approximate surface area is 132 Å². The minimum atomic E-state index is 0.605. The summed E-state index contributed by atoms with van der Waals surface area (Å²) in [5.74, 6) is 1.43. The van der Waals surface area contributed by atoms with E-state index in [0.29, 0.717) is 12.5 Å². The molecule has 1 heterocycles. The van der Waals surface area contributed by atoms with Gasteiger partial charge in [0.25, 0.3) is 0 Å². The topological polar surface area (TPSA) is 53.1 Å². The van der Waals surface area contributed by atoms with Crippen molar-refractivity contribution in [3.63, 3.8) is 0 Å². The summed E-state index contributed by atoms with van der Waals surface area (Å²) in [5.41, 5.74) is 1.97. The van der Waals surface area contributed by atoms with Crippen LogP contribution in [0.4, 0.5) is 11.8 Å². The standard InChI is InChI=1S/C17H23N5/c1-4-10-19-17-20-15(14-8-6-5-7-9-14)13-16(21-17)18-11-12-22(2)3/h4-9,13H,1,10-12H2,2-3H3,(H2,18,19,20,21). The van der Waals surface area contributed by atoms with Gasteiger partial charge in [-0.2, -0.15) is 4.98 Å². The Morgan fingerprint density at radius 2 is 1.91 bits per heavy atom. The average Bonchev–Trinajstić information content (AvgIpc) is 2.53. The molecular formula is C17H23N5. The second-order valence-electron chi connectivity index (χ2n) is 5.23. The molecule has 1 aromatic heterocycles. The highest BCUT2D eigenvalue weighted by Gasteiger charge is 2.06. The largest absolute Gasteiger partial charge is 0.369 e. The molecule has 5 nitrogen and oxygen atoms in total. The first-order valence-corrected chi connectivity index (χ1v) is 7.37. The van der Waals surface area contributed by atoms with Crippen LogP contribution in [0.3, 0.4) is 0 Å². The van der Waals surface area contributed by atoms with Crippen LogP contribution in [0.15, 0.2) is 49.1 Å². The van der Waals surface area contributed by atoms with E-state index in [9.17, 15) is 0 Å². The van der Waals surface area contributed by atoms with Crippen LogP contribution in [0, 0.1) is 0 Å². The normalized spacial score (nSPS) is 10.5. The highest BCUT2D eigenvalue weighted by Crippen LogP contribution is 2.21. The molecule has 0 spiro atoms. The third-order valence-corrected chi connectivity index (χ3v) is 3.07. The Bertz CT molecular complexity index is 595. The summed E-state index contributed by atoms with van der Waals surface area (Å²) in [6.07, 6.45) is 1.79. The Kier molecular flexibility index (Phi) is 5.91. The first-order valence-electron chi connectivity index (χ1n) is 7.37. The van der Waals surface area contributed by atoms with Gasteiger partial charge in [-0.05, 0) is 14.1 Å². The molecular weight excluding hydrogens is 274 g/mol. The van der Waals surface area contributed by atoms with Gasteiger partial charge in [0.1, 0.15) is 5.82 Å². The van der Waals surface area contributed by atoms with Gasteiger partial charge in [-0.25, -0.2) is 4.98 Å². The number of hydrogen-bond donors (Lipinski definition) is 2. The third-order valence-electron chi connectivity index (χ3n) is 3.07. The summed E-state index contributed by atoms with van der Waals surface area (Å²) >= 11 is 0. The highest BCUT2D eigenvalue weighted by molar-refractivity contribution is 5.64. The minimum absolute atomic E-state index is 0.605. The summed E-state index contributed by atoms with van der Waals surface area (Å²) < 4.78 is 0. The lowest BCUT2D eigenvalue weighted by Crippen LogP contribution is -2.21. The van der Waals surface area contributed by atoms with Crippen LogP contribution in [-0.2, 0) is 0 Å². The van der Waals surface area contributed by atoms with Gasteiger partial charge in [-0.3, -0.25) is 0 Å². The molecule has 2 aromatic rings. The van der Waals surface area contributed by atoms with Crippen LogP contribution in [0.2, 0.25) is 0 Å². The number of rotatable bonds is 8. The molecule has 0 saturated heterocycles. The number of anilines is 2. The molecule has 0 amide bonds. The zero-order chi connectivity index (χ0) is 15.8. The molecule has 0 aliphatic rings. The van der Waals surface area contributed by atoms with E-state index >= 15 is 0 Å². The number of hydrogen-bond acceptors (Lipinski definition) is 5. The van der Waals surface area contributed by atoms with E-state index in [1.54, 1.807) is 6.08 Å². The Morgan fingerprint density at radius 3 is 2.59 bits per heavy atom. The lowest BCUT2D eigenvalue weighted by molar-refractivity contribution is 0.425. The van der Waals surface area contributed by atoms with Crippen LogP contribution in [-0.4, -0.2) is 48.6 Å². The third kappa shape index (κ3) is 4.86. The number of benzene rings is 1. The fourth-order valence-corrected chi connectivity index (χ4v) is 1.94. The van der Waals surface area contributed by atoms with Gasteiger partial charge in [0.2, 0.25) is 5.95 Å². The molecule has 2 rings (SSSR count). The van der Waals surface area contributed by atoms with Crippen LogP contribution in [0.25, 0.3) is 11.3 Å². The lowest BCUT2D eigenvalue weighted by Gasteiger charge is -2.13. The lowest BCUT2D eigenvalue weighted by atomic mass is 10.1. The molecule has 0 fully saturated rings. The Hall–Kier alpha value is -2.40. The molecule has 22 heavy (non-hydrogen) atoms. The van der Waals surface area contributed by atoms with Crippen molar-refractivity contribution in [1.82, 2.24) is 14.9 Å². The van der Waals surface area contributed by atoms with Crippen molar-refractivity contribution in [2.45, 2.75) is 0 Å². The maximum atomic E-state index is 4.56. The molecule has 1 aromatic carbocycles. The fourth-order valence-electron chi connectivity index (χ4n) is 1.94. The van der Waals surface area contributed by atoms with Crippen molar-refractivity contribution >= 4 is 11.8 Å². The molecule has 0 unspecified atom stereocenters. The summed E-state index contributed by atoms with van der Waals surface area (Å²) in [7, 11) is 4.10. The van der Waals surface area contributed by atoms with Crippen molar-refractivity contribution in [2.24, 2.45) is 0 Å². The molecule has 0 bridgehead atoms. The molecule has 2 N–H and O–H groups in total. The van der Waals surface area contributed by atoms with E-state index in [4.69, 9.17) is 0 Å². The number of nitrogens with one attached hydrogen (secondary N) is 2. The molecule has 0 aliphatic carbocycles. The van der Waals surface area contributed by atoms with Gasteiger partial charge in [0, 0.05) is 31.3 Å².